The molecule has 8 nitrogen and oxygen atoms in total. The zero-order valence-corrected chi connectivity index (χ0v) is 20.7. The van der Waals surface area contributed by atoms with Crippen LogP contribution in [0.4, 0.5) is 10.1 Å². The van der Waals surface area contributed by atoms with Gasteiger partial charge in [0.05, 0.1) is 27.4 Å². The van der Waals surface area contributed by atoms with Crippen LogP contribution in [0.5, 0.6) is 17.2 Å². The van der Waals surface area contributed by atoms with Crippen molar-refractivity contribution in [1.82, 2.24) is 15.2 Å². The van der Waals surface area contributed by atoms with Crippen molar-refractivity contribution >= 4 is 11.6 Å². The molecule has 0 saturated carbocycles. The number of nitrogens with one attached hydrogen (secondary N) is 1. The molecule has 1 aliphatic heterocycles. The van der Waals surface area contributed by atoms with Crippen LogP contribution in [0.1, 0.15) is 22.0 Å². The Kier molecular flexibility index (Phi) is 8.22. The summed E-state index contributed by atoms with van der Waals surface area (Å²) < 4.78 is 29.4. The van der Waals surface area contributed by atoms with E-state index in [2.05, 4.69) is 20.1 Å². The van der Waals surface area contributed by atoms with Gasteiger partial charge < -0.3 is 24.4 Å². The number of carbonyl (C=O) groups excluding carboxylic acids is 1. The van der Waals surface area contributed by atoms with Gasteiger partial charge in [-0.2, -0.15) is 0 Å². The van der Waals surface area contributed by atoms with E-state index in [9.17, 15) is 9.18 Å². The van der Waals surface area contributed by atoms with Gasteiger partial charge in [0.25, 0.3) is 5.91 Å². The van der Waals surface area contributed by atoms with E-state index in [1.165, 1.54) is 33.5 Å². The number of hydrogen-bond donors (Lipinski definition) is 1. The first-order valence-corrected chi connectivity index (χ1v) is 11.8. The highest BCUT2D eigenvalue weighted by Gasteiger charge is 2.26. The largest absolute Gasteiger partial charge is 0.493 e. The van der Waals surface area contributed by atoms with Gasteiger partial charge in [-0.15, -0.1) is 0 Å². The molecule has 3 aromatic rings. The normalized spacial score (nSPS) is 14.7. The van der Waals surface area contributed by atoms with Crippen LogP contribution in [0.2, 0.25) is 0 Å². The van der Waals surface area contributed by atoms with Crippen molar-refractivity contribution in [1.29, 1.82) is 0 Å². The van der Waals surface area contributed by atoms with Gasteiger partial charge in [0.1, 0.15) is 5.82 Å². The number of aromatic nitrogens is 1. The van der Waals surface area contributed by atoms with Crippen molar-refractivity contribution in [3.63, 3.8) is 0 Å². The number of benzene rings is 2. The number of rotatable bonds is 9. The lowest BCUT2D eigenvalue weighted by Crippen LogP contribution is -2.50. The molecule has 0 unspecified atom stereocenters. The lowest BCUT2D eigenvalue weighted by Gasteiger charge is -2.40. The topological polar surface area (TPSA) is 76.2 Å². The number of piperazine rings is 1. The van der Waals surface area contributed by atoms with E-state index in [0.29, 0.717) is 29.4 Å². The van der Waals surface area contributed by atoms with Crippen LogP contribution in [-0.4, -0.2) is 69.8 Å². The minimum Gasteiger partial charge on any atom is -0.493 e. The van der Waals surface area contributed by atoms with Crippen molar-refractivity contribution in [3.05, 3.63) is 77.9 Å². The van der Waals surface area contributed by atoms with Crippen molar-refractivity contribution in [2.45, 2.75) is 6.04 Å². The predicted octanol–water partition coefficient (Wildman–Crippen LogP) is 3.54. The first-order valence-electron chi connectivity index (χ1n) is 11.8. The molecule has 0 radical (unpaired) electrons. The molecule has 1 aliphatic rings. The monoisotopic (exact) mass is 494 g/mol. The van der Waals surface area contributed by atoms with E-state index in [1.54, 1.807) is 30.5 Å². The minimum atomic E-state index is -0.243. The molecule has 1 N–H and O–H groups in total. The molecule has 4 rings (SSSR count). The first-order chi connectivity index (χ1) is 17.5. The van der Waals surface area contributed by atoms with Gasteiger partial charge in [0.15, 0.2) is 11.5 Å². The van der Waals surface area contributed by atoms with Gasteiger partial charge in [-0.25, -0.2) is 4.39 Å². The quantitative estimate of drug-likeness (QED) is 0.488. The number of anilines is 1. The van der Waals surface area contributed by atoms with Gasteiger partial charge in [-0.05, 0) is 48.0 Å². The summed E-state index contributed by atoms with van der Waals surface area (Å²) in [7, 11) is 4.56. The first kappa shape index (κ1) is 25.2. The molecular weight excluding hydrogens is 463 g/mol. The predicted molar refractivity (Wildman–Crippen MR) is 136 cm³/mol. The summed E-state index contributed by atoms with van der Waals surface area (Å²) in [4.78, 5) is 22.0. The van der Waals surface area contributed by atoms with E-state index in [0.717, 1.165) is 37.4 Å². The van der Waals surface area contributed by atoms with Crippen molar-refractivity contribution in [2.75, 3.05) is 59.0 Å². The molecule has 0 aliphatic carbocycles. The molecular formula is C27H31FN4O4. The maximum Gasteiger partial charge on any atom is 0.251 e. The highest BCUT2D eigenvalue weighted by atomic mass is 19.1. The Morgan fingerprint density at radius 1 is 1.00 bits per heavy atom. The van der Waals surface area contributed by atoms with E-state index >= 15 is 0 Å². The summed E-state index contributed by atoms with van der Waals surface area (Å²) in [6, 6.07) is 13.7. The third-order valence-electron chi connectivity index (χ3n) is 6.40. The second-order valence-corrected chi connectivity index (χ2v) is 8.43. The van der Waals surface area contributed by atoms with Gasteiger partial charge in [0, 0.05) is 56.4 Å². The number of pyridine rings is 1. The van der Waals surface area contributed by atoms with Crippen LogP contribution in [0.25, 0.3) is 0 Å². The highest BCUT2D eigenvalue weighted by molar-refractivity contribution is 5.95. The number of amides is 1. The maximum atomic E-state index is 13.3. The Labute approximate surface area is 210 Å². The highest BCUT2D eigenvalue weighted by Crippen LogP contribution is 2.38. The fourth-order valence-electron chi connectivity index (χ4n) is 4.48. The third-order valence-corrected chi connectivity index (χ3v) is 6.40. The van der Waals surface area contributed by atoms with Crippen molar-refractivity contribution < 1.29 is 23.4 Å². The minimum absolute atomic E-state index is 0.0555. The smallest absolute Gasteiger partial charge is 0.251 e. The van der Waals surface area contributed by atoms with Crippen LogP contribution in [0, 0.1) is 5.82 Å². The zero-order valence-electron chi connectivity index (χ0n) is 20.7. The molecule has 1 atom stereocenters. The van der Waals surface area contributed by atoms with Crippen LogP contribution >= 0.6 is 0 Å². The van der Waals surface area contributed by atoms with E-state index in [1.807, 2.05) is 18.3 Å². The lowest BCUT2D eigenvalue weighted by atomic mass is 10.1. The van der Waals surface area contributed by atoms with Crippen molar-refractivity contribution in [2.24, 2.45) is 0 Å². The Morgan fingerprint density at radius 3 is 2.22 bits per heavy atom. The number of hydrogen-bond acceptors (Lipinski definition) is 7. The molecule has 1 aromatic heterocycles. The average molecular weight is 495 g/mol. The molecule has 36 heavy (non-hydrogen) atoms. The summed E-state index contributed by atoms with van der Waals surface area (Å²) in [6.07, 6.45) is 3.57. The zero-order chi connectivity index (χ0) is 25.5. The summed E-state index contributed by atoms with van der Waals surface area (Å²) in [6.45, 7) is 3.57. The Balaban J connectivity index is 1.47. The fraction of sp³-hybridized carbons (Fsp3) is 0.333. The Morgan fingerprint density at radius 2 is 1.67 bits per heavy atom. The van der Waals surface area contributed by atoms with E-state index in [-0.39, 0.29) is 17.8 Å². The van der Waals surface area contributed by atoms with Crippen molar-refractivity contribution in [3.8, 4) is 17.2 Å². The van der Waals surface area contributed by atoms with Gasteiger partial charge >= 0.3 is 0 Å². The standard InChI is InChI=1S/C27H31FN4O4/c1-34-24-15-20(16-25(35-2)26(24)36-3)27(33)30-18-23(19-5-4-10-29-17-19)32-13-11-31(12-14-32)22-8-6-21(28)7-9-22/h4-10,15-17,23H,11-14,18H2,1-3H3,(H,30,33)/t23-/m1/s1. The molecule has 1 amide bonds. The number of carbonyl (C=O) groups is 1. The molecule has 9 heteroatoms. The number of halogens is 1. The molecule has 0 bridgehead atoms. The summed E-state index contributed by atoms with van der Waals surface area (Å²) in [5.41, 5.74) is 2.44. The van der Waals surface area contributed by atoms with Crippen LogP contribution in [0.3, 0.4) is 0 Å². The fourth-order valence-corrected chi connectivity index (χ4v) is 4.48. The number of nitrogens with zero attached hydrogens (tertiary/aromatic N) is 3. The second kappa shape index (κ2) is 11.7. The molecule has 1 saturated heterocycles. The maximum absolute atomic E-state index is 13.3. The second-order valence-electron chi connectivity index (χ2n) is 8.43. The number of ether oxygens (including phenoxy) is 3. The molecule has 190 valence electrons. The van der Waals surface area contributed by atoms with Gasteiger partial charge in [0.2, 0.25) is 5.75 Å². The summed E-state index contributed by atoms with van der Waals surface area (Å²) in [5, 5.41) is 3.07. The SMILES string of the molecule is COc1cc(C(=O)NC[C@H](c2cccnc2)N2CCN(c3ccc(F)cc3)CC2)cc(OC)c1OC. The Hall–Kier alpha value is -3.85. The van der Waals surface area contributed by atoms with E-state index < -0.39 is 0 Å². The molecule has 1 fully saturated rings. The van der Waals surface area contributed by atoms with Gasteiger partial charge in [-0.3, -0.25) is 14.7 Å². The van der Waals surface area contributed by atoms with Gasteiger partial charge in [-0.1, -0.05) is 6.07 Å². The Bertz CT molecular complexity index is 1130. The molecule has 0 spiro atoms. The van der Waals surface area contributed by atoms with Crippen LogP contribution in [-0.2, 0) is 0 Å². The van der Waals surface area contributed by atoms with Crippen LogP contribution < -0.4 is 24.4 Å². The molecule has 2 aromatic carbocycles. The average Bonchev–Trinajstić information content (AvgIpc) is 2.93. The number of methoxy groups -OCH3 is 3. The molecule has 2 heterocycles. The third kappa shape index (κ3) is 5.68. The summed E-state index contributed by atoms with van der Waals surface area (Å²) >= 11 is 0. The van der Waals surface area contributed by atoms with Crippen LogP contribution in [0.15, 0.2) is 60.9 Å². The van der Waals surface area contributed by atoms with E-state index in [4.69, 9.17) is 14.2 Å². The lowest BCUT2D eigenvalue weighted by molar-refractivity contribution is 0.0929. The summed E-state index contributed by atoms with van der Waals surface area (Å²) in [5.74, 6) is 0.791.